The van der Waals surface area contributed by atoms with Crippen LogP contribution in [-0.4, -0.2) is 44.9 Å². The third-order valence-corrected chi connectivity index (χ3v) is 6.54. The fraction of sp³-hybridized carbons (Fsp3) is 0.308. The van der Waals surface area contributed by atoms with Crippen molar-refractivity contribution in [1.82, 2.24) is 19.9 Å². The predicted octanol–water partition coefficient (Wildman–Crippen LogP) is 5.22. The van der Waals surface area contributed by atoms with Gasteiger partial charge in [0.25, 0.3) is 11.9 Å². The molecule has 0 aliphatic carbocycles. The number of benzene rings is 2. The number of halogens is 2. The van der Waals surface area contributed by atoms with Crippen molar-refractivity contribution < 1.29 is 18.0 Å². The highest BCUT2D eigenvalue weighted by Crippen LogP contribution is 2.31. The summed E-state index contributed by atoms with van der Waals surface area (Å²) in [6.07, 6.45) is 4.88. The number of hydrogen-bond acceptors (Lipinski definition) is 6. The molecule has 1 N–H and O–H groups in total. The molecule has 0 spiro atoms. The molecule has 2 aromatic heterocycles. The van der Waals surface area contributed by atoms with Gasteiger partial charge in [-0.15, -0.1) is 0 Å². The molecule has 1 aliphatic rings. The number of anilines is 1. The van der Waals surface area contributed by atoms with E-state index in [2.05, 4.69) is 27.2 Å². The van der Waals surface area contributed by atoms with Gasteiger partial charge in [-0.05, 0) is 55.5 Å². The quantitative estimate of drug-likeness (QED) is 0.424. The van der Waals surface area contributed by atoms with Crippen LogP contribution in [0.15, 0.2) is 53.2 Å². The molecule has 1 aliphatic heterocycles. The van der Waals surface area contributed by atoms with Gasteiger partial charge in [-0.25, -0.2) is 18.7 Å². The molecule has 2 aromatic carbocycles. The summed E-state index contributed by atoms with van der Waals surface area (Å²) >= 11 is 0. The molecule has 2 atom stereocenters. The van der Waals surface area contributed by atoms with Crippen LogP contribution in [0.25, 0.3) is 22.5 Å². The van der Waals surface area contributed by atoms with E-state index >= 15 is 4.39 Å². The van der Waals surface area contributed by atoms with Gasteiger partial charge < -0.3 is 14.6 Å². The Hall–Kier alpha value is -3.88. The standard InChI is InChI=1S/C26H25F2N5O2/c1-15-5-3-12-33(20(15)14-31-26-32-19-13-17(27)7-9-21(19)35-26)25(34)22-18(8-6-16(2)23(22)28)24-29-10-4-11-30-24/h4,6-11,13,15,20H,3,5,12,14H2,1-2H3,(H,31,32)/t15-,20-/m1/s1. The number of piperidine rings is 1. The van der Waals surface area contributed by atoms with E-state index in [9.17, 15) is 9.18 Å². The number of aromatic nitrogens is 3. The maximum absolute atomic E-state index is 15.4. The molecule has 35 heavy (non-hydrogen) atoms. The molecular formula is C26H25F2N5O2. The Balaban J connectivity index is 1.45. The van der Waals surface area contributed by atoms with Crippen LogP contribution in [0.1, 0.15) is 35.7 Å². The minimum Gasteiger partial charge on any atom is -0.424 e. The number of hydrogen-bond donors (Lipinski definition) is 1. The lowest BCUT2D eigenvalue weighted by atomic mass is 9.89. The molecule has 0 bridgehead atoms. The van der Waals surface area contributed by atoms with Crippen molar-refractivity contribution in [2.75, 3.05) is 18.4 Å². The normalized spacial score (nSPS) is 18.1. The SMILES string of the molecule is Cc1ccc(-c2ncccn2)c(C(=O)N2CCC[C@@H](C)[C@H]2CNc2nc3cc(F)ccc3o2)c1F. The number of aryl methyl sites for hydroxylation is 1. The van der Waals surface area contributed by atoms with Gasteiger partial charge in [-0.1, -0.05) is 13.0 Å². The largest absolute Gasteiger partial charge is 0.424 e. The van der Waals surface area contributed by atoms with Gasteiger partial charge in [0.2, 0.25) is 0 Å². The molecular weight excluding hydrogens is 452 g/mol. The summed E-state index contributed by atoms with van der Waals surface area (Å²) in [4.78, 5) is 28.3. The molecule has 0 unspecified atom stereocenters. The van der Waals surface area contributed by atoms with Gasteiger partial charge >= 0.3 is 0 Å². The van der Waals surface area contributed by atoms with Gasteiger partial charge in [-0.3, -0.25) is 4.79 Å². The number of carbonyl (C=O) groups is 1. The second-order valence-electron chi connectivity index (χ2n) is 8.89. The van der Waals surface area contributed by atoms with E-state index in [-0.39, 0.29) is 23.5 Å². The Labute approximate surface area is 201 Å². The van der Waals surface area contributed by atoms with Gasteiger partial charge in [0.15, 0.2) is 11.4 Å². The van der Waals surface area contributed by atoms with E-state index in [0.29, 0.717) is 41.1 Å². The summed E-state index contributed by atoms with van der Waals surface area (Å²) in [5, 5.41) is 3.15. The van der Waals surface area contributed by atoms with E-state index in [1.54, 1.807) is 42.4 Å². The first-order valence-corrected chi connectivity index (χ1v) is 11.6. The van der Waals surface area contributed by atoms with Gasteiger partial charge in [0.1, 0.15) is 17.2 Å². The van der Waals surface area contributed by atoms with Crippen molar-refractivity contribution in [2.24, 2.45) is 5.92 Å². The summed E-state index contributed by atoms with van der Waals surface area (Å²) in [6, 6.07) is 9.15. The molecule has 7 nitrogen and oxygen atoms in total. The third-order valence-electron chi connectivity index (χ3n) is 6.54. The maximum Gasteiger partial charge on any atom is 0.295 e. The fourth-order valence-electron chi connectivity index (χ4n) is 4.64. The van der Waals surface area contributed by atoms with E-state index in [0.717, 1.165) is 12.8 Å². The smallest absolute Gasteiger partial charge is 0.295 e. The second kappa shape index (κ2) is 9.40. The fourth-order valence-corrected chi connectivity index (χ4v) is 4.64. The molecule has 0 radical (unpaired) electrons. The molecule has 3 heterocycles. The van der Waals surface area contributed by atoms with Crippen LogP contribution < -0.4 is 5.32 Å². The molecule has 5 rings (SSSR count). The highest BCUT2D eigenvalue weighted by Gasteiger charge is 2.35. The first-order chi connectivity index (χ1) is 16.9. The summed E-state index contributed by atoms with van der Waals surface area (Å²) in [5.74, 6) is -0.898. The van der Waals surface area contributed by atoms with Crippen LogP contribution in [0.2, 0.25) is 0 Å². The minimum absolute atomic E-state index is 0.0207. The van der Waals surface area contributed by atoms with Crippen LogP contribution in [0.3, 0.4) is 0 Å². The van der Waals surface area contributed by atoms with E-state index < -0.39 is 17.5 Å². The molecule has 4 aromatic rings. The summed E-state index contributed by atoms with van der Waals surface area (Å²) in [6.45, 7) is 4.56. The van der Waals surface area contributed by atoms with Crippen molar-refractivity contribution in [3.8, 4) is 11.4 Å². The number of likely N-dealkylation sites (tertiary alicyclic amines) is 1. The Morgan fingerprint density at radius 3 is 2.80 bits per heavy atom. The first-order valence-electron chi connectivity index (χ1n) is 11.6. The average Bonchev–Trinajstić information content (AvgIpc) is 3.26. The lowest BCUT2D eigenvalue weighted by Gasteiger charge is -2.40. The van der Waals surface area contributed by atoms with E-state index in [1.807, 2.05) is 0 Å². The number of carbonyl (C=O) groups excluding carboxylic acids is 1. The molecule has 0 saturated carbocycles. The maximum atomic E-state index is 15.4. The first kappa shape index (κ1) is 22.9. The Morgan fingerprint density at radius 2 is 2.00 bits per heavy atom. The lowest BCUT2D eigenvalue weighted by molar-refractivity contribution is 0.0535. The van der Waals surface area contributed by atoms with Crippen molar-refractivity contribution >= 4 is 23.0 Å². The zero-order valence-electron chi connectivity index (χ0n) is 19.5. The van der Waals surface area contributed by atoms with E-state index in [1.165, 1.54) is 18.2 Å². The van der Waals surface area contributed by atoms with Crippen molar-refractivity contribution in [3.63, 3.8) is 0 Å². The number of fused-ring (bicyclic) bond motifs is 1. The van der Waals surface area contributed by atoms with Crippen molar-refractivity contribution in [2.45, 2.75) is 32.7 Å². The molecule has 180 valence electrons. The Kier molecular flexibility index (Phi) is 6.15. The highest BCUT2D eigenvalue weighted by atomic mass is 19.1. The van der Waals surface area contributed by atoms with Crippen molar-refractivity contribution in [1.29, 1.82) is 0 Å². The average molecular weight is 478 g/mol. The van der Waals surface area contributed by atoms with Crippen LogP contribution in [0.4, 0.5) is 14.8 Å². The minimum atomic E-state index is -0.564. The van der Waals surface area contributed by atoms with Gasteiger partial charge in [0, 0.05) is 37.1 Å². The zero-order chi connectivity index (χ0) is 24.5. The van der Waals surface area contributed by atoms with Crippen LogP contribution >= 0.6 is 0 Å². The third kappa shape index (κ3) is 4.45. The van der Waals surface area contributed by atoms with Crippen molar-refractivity contribution in [3.05, 3.63) is 71.6 Å². The summed E-state index contributed by atoms with van der Waals surface area (Å²) < 4.78 is 34.6. The number of nitrogens with one attached hydrogen (secondary N) is 1. The lowest BCUT2D eigenvalue weighted by Crippen LogP contribution is -2.51. The Morgan fingerprint density at radius 1 is 1.20 bits per heavy atom. The van der Waals surface area contributed by atoms with E-state index in [4.69, 9.17) is 4.42 Å². The molecule has 9 heteroatoms. The zero-order valence-corrected chi connectivity index (χ0v) is 19.5. The highest BCUT2D eigenvalue weighted by molar-refractivity contribution is 6.01. The van der Waals surface area contributed by atoms with Crippen LogP contribution in [0.5, 0.6) is 0 Å². The number of nitrogens with zero attached hydrogens (tertiary/aromatic N) is 4. The molecule has 1 fully saturated rings. The molecule has 1 amide bonds. The molecule has 1 saturated heterocycles. The summed E-state index contributed by atoms with van der Waals surface area (Å²) in [7, 11) is 0. The van der Waals surface area contributed by atoms with Gasteiger partial charge in [-0.2, -0.15) is 4.98 Å². The topological polar surface area (TPSA) is 84.2 Å². The summed E-state index contributed by atoms with van der Waals surface area (Å²) in [5.41, 5.74) is 1.60. The predicted molar refractivity (Wildman–Crippen MR) is 128 cm³/mol. The monoisotopic (exact) mass is 477 g/mol. The number of amides is 1. The van der Waals surface area contributed by atoms with Crippen LogP contribution in [-0.2, 0) is 0 Å². The number of oxazole rings is 1. The van der Waals surface area contributed by atoms with Gasteiger partial charge in [0.05, 0.1) is 11.6 Å². The Bertz CT molecular complexity index is 1380. The second-order valence-corrected chi connectivity index (χ2v) is 8.89. The van der Waals surface area contributed by atoms with Crippen LogP contribution in [0, 0.1) is 24.5 Å². The number of rotatable bonds is 5.